The number of amides is 2. The van der Waals surface area contributed by atoms with Gasteiger partial charge in [0, 0.05) is 37.4 Å². The van der Waals surface area contributed by atoms with E-state index in [0.717, 1.165) is 41.6 Å². The van der Waals surface area contributed by atoms with Crippen LogP contribution in [0.1, 0.15) is 0 Å². The molecule has 0 spiro atoms. The Morgan fingerprint density at radius 1 is 0.931 bits per heavy atom. The quantitative estimate of drug-likeness (QED) is 0.739. The van der Waals surface area contributed by atoms with Gasteiger partial charge >= 0.3 is 6.03 Å². The number of carbonyl (C=O) groups is 1. The molecule has 2 aromatic carbocycles. The first kappa shape index (κ1) is 18.7. The zero-order chi connectivity index (χ0) is 20.1. The minimum Gasteiger partial charge on any atom is -0.497 e. The highest BCUT2D eigenvalue weighted by Gasteiger charge is 2.22. The molecule has 7 nitrogen and oxygen atoms in total. The van der Waals surface area contributed by atoms with Gasteiger partial charge in [-0.3, -0.25) is 0 Å². The third kappa shape index (κ3) is 4.45. The Morgan fingerprint density at radius 3 is 2.41 bits per heavy atom. The largest absolute Gasteiger partial charge is 0.497 e. The Hall–Kier alpha value is -3.61. The first-order chi connectivity index (χ1) is 14.2. The van der Waals surface area contributed by atoms with E-state index in [1.54, 1.807) is 7.11 Å². The molecule has 1 aliphatic rings. The number of rotatable bonds is 4. The topological polar surface area (TPSA) is 70.6 Å². The molecule has 3 aromatic rings. The number of methoxy groups -OCH3 is 1. The fourth-order valence-electron chi connectivity index (χ4n) is 3.29. The van der Waals surface area contributed by atoms with Crippen LogP contribution in [0.15, 0.2) is 66.7 Å². The lowest BCUT2D eigenvalue weighted by Gasteiger charge is -2.35. The third-order valence-electron chi connectivity index (χ3n) is 4.93. The van der Waals surface area contributed by atoms with Gasteiger partial charge < -0.3 is 19.9 Å². The minimum absolute atomic E-state index is 0.0738. The number of ether oxygens (including phenoxy) is 1. The number of nitrogens with zero attached hydrogens (tertiary/aromatic N) is 4. The van der Waals surface area contributed by atoms with E-state index in [0.29, 0.717) is 13.1 Å². The summed E-state index contributed by atoms with van der Waals surface area (Å²) in [4.78, 5) is 16.4. The number of piperazine rings is 1. The fraction of sp³-hybridized carbons (Fsp3) is 0.227. The van der Waals surface area contributed by atoms with Crippen molar-refractivity contribution in [1.29, 1.82) is 0 Å². The van der Waals surface area contributed by atoms with Crippen LogP contribution in [0.4, 0.5) is 16.3 Å². The average molecular weight is 389 g/mol. The molecule has 0 bridgehead atoms. The summed E-state index contributed by atoms with van der Waals surface area (Å²) in [7, 11) is 1.65. The first-order valence-electron chi connectivity index (χ1n) is 9.57. The standard InChI is InChI=1S/C22H23N5O2/c1-29-19-9-5-6-17(16-19)20-10-11-21(25-24-20)26-12-14-27(15-13-26)22(28)23-18-7-3-2-4-8-18/h2-11,16H,12-15H2,1H3,(H,23,28). The minimum atomic E-state index is -0.0738. The second kappa shape index (κ2) is 8.60. The van der Waals surface area contributed by atoms with Crippen LogP contribution < -0.4 is 15.0 Å². The Balaban J connectivity index is 1.35. The van der Waals surface area contributed by atoms with Crippen molar-refractivity contribution in [3.05, 3.63) is 66.7 Å². The molecule has 148 valence electrons. The molecule has 0 atom stereocenters. The summed E-state index contributed by atoms with van der Waals surface area (Å²) >= 11 is 0. The number of carbonyl (C=O) groups excluding carboxylic acids is 1. The van der Waals surface area contributed by atoms with Gasteiger partial charge in [0.15, 0.2) is 5.82 Å². The lowest BCUT2D eigenvalue weighted by Crippen LogP contribution is -2.50. The molecule has 1 fully saturated rings. The van der Waals surface area contributed by atoms with Gasteiger partial charge in [-0.15, -0.1) is 10.2 Å². The summed E-state index contributed by atoms with van der Waals surface area (Å²) in [5, 5.41) is 11.7. The number of hydrogen-bond acceptors (Lipinski definition) is 5. The molecule has 4 rings (SSSR count). The first-order valence-corrected chi connectivity index (χ1v) is 9.57. The second-order valence-electron chi connectivity index (χ2n) is 6.78. The molecule has 1 aliphatic heterocycles. The molecule has 1 N–H and O–H groups in total. The van der Waals surface area contributed by atoms with E-state index in [-0.39, 0.29) is 6.03 Å². The summed E-state index contributed by atoms with van der Waals surface area (Å²) in [5.74, 6) is 1.61. The second-order valence-corrected chi connectivity index (χ2v) is 6.78. The molecule has 1 aromatic heterocycles. The number of hydrogen-bond donors (Lipinski definition) is 1. The maximum Gasteiger partial charge on any atom is 0.321 e. The van der Waals surface area contributed by atoms with Crippen molar-refractivity contribution in [3.8, 4) is 17.0 Å². The predicted octanol–water partition coefficient (Wildman–Crippen LogP) is 3.51. The molecule has 0 saturated carbocycles. The number of nitrogens with one attached hydrogen (secondary N) is 1. The number of benzene rings is 2. The van der Waals surface area contributed by atoms with Crippen LogP contribution in [0.3, 0.4) is 0 Å². The van der Waals surface area contributed by atoms with Gasteiger partial charge in [0.1, 0.15) is 5.75 Å². The van der Waals surface area contributed by atoms with E-state index in [1.165, 1.54) is 0 Å². The summed E-state index contributed by atoms with van der Waals surface area (Å²) in [6.45, 7) is 2.71. The monoisotopic (exact) mass is 389 g/mol. The summed E-state index contributed by atoms with van der Waals surface area (Å²) in [5.41, 5.74) is 2.57. The zero-order valence-corrected chi connectivity index (χ0v) is 16.3. The van der Waals surface area contributed by atoms with Gasteiger partial charge in [0.05, 0.1) is 12.8 Å². The van der Waals surface area contributed by atoms with Crippen LogP contribution in [0, 0.1) is 0 Å². The molecule has 0 aliphatic carbocycles. The molecule has 0 radical (unpaired) electrons. The van der Waals surface area contributed by atoms with Crippen LogP contribution in [0.2, 0.25) is 0 Å². The normalized spacial score (nSPS) is 13.8. The Labute approximate surface area is 169 Å². The van der Waals surface area contributed by atoms with Gasteiger partial charge in [-0.2, -0.15) is 0 Å². The van der Waals surface area contributed by atoms with E-state index in [9.17, 15) is 4.79 Å². The Kier molecular flexibility index (Phi) is 5.56. The van der Waals surface area contributed by atoms with E-state index in [2.05, 4.69) is 20.4 Å². The lowest BCUT2D eigenvalue weighted by atomic mass is 10.1. The molecular formula is C22H23N5O2. The van der Waals surface area contributed by atoms with E-state index in [4.69, 9.17) is 4.74 Å². The predicted molar refractivity (Wildman–Crippen MR) is 113 cm³/mol. The van der Waals surface area contributed by atoms with Gasteiger partial charge in [-0.1, -0.05) is 30.3 Å². The van der Waals surface area contributed by atoms with Crippen LogP contribution in [-0.2, 0) is 0 Å². The Bertz CT molecular complexity index is 954. The van der Waals surface area contributed by atoms with Gasteiger partial charge in [-0.25, -0.2) is 4.79 Å². The van der Waals surface area contributed by atoms with Crippen molar-refractivity contribution in [2.75, 3.05) is 43.5 Å². The Morgan fingerprint density at radius 2 is 1.72 bits per heavy atom. The SMILES string of the molecule is COc1cccc(-c2ccc(N3CCN(C(=O)Nc4ccccc4)CC3)nn2)c1. The van der Waals surface area contributed by atoms with Crippen molar-refractivity contribution in [3.63, 3.8) is 0 Å². The molecule has 29 heavy (non-hydrogen) atoms. The number of anilines is 2. The van der Waals surface area contributed by atoms with E-state index >= 15 is 0 Å². The molecule has 7 heteroatoms. The van der Waals surface area contributed by atoms with Crippen molar-refractivity contribution in [2.45, 2.75) is 0 Å². The van der Waals surface area contributed by atoms with Crippen LogP contribution >= 0.6 is 0 Å². The van der Waals surface area contributed by atoms with Crippen molar-refractivity contribution >= 4 is 17.5 Å². The van der Waals surface area contributed by atoms with Crippen molar-refractivity contribution in [1.82, 2.24) is 15.1 Å². The summed E-state index contributed by atoms with van der Waals surface area (Å²) in [6, 6.07) is 21.1. The maximum atomic E-state index is 12.4. The highest BCUT2D eigenvalue weighted by molar-refractivity contribution is 5.89. The molecule has 0 unspecified atom stereocenters. The third-order valence-corrected chi connectivity index (χ3v) is 4.93. The van der Waals surface area contributed by atoms with Gasteiger partial charge in [0.25, 0.3) is 0 Å². The van der Waals surface area contributed by atoms with Crippen LogP contribution in [-0.4, -0.2) is 54.4 Å². The van der Waals surface area contributed by atoms with Crippen LogP contribution in [0.25, 0.3) is 11.3 Å². The highest BCUT2D eigenvalue weighted by atomic mass is 16.5. The average Bonchev–Trinajstić information content (AvgIpc) is 2.80. The number of aromatic nitrogens is 2. The highest BCUT2D eigenvalue weighted by Crippen LogP contribution is 2.23. The molecular weight excluding hydrogens is 366 g/mol. The molecule has 2 amide bonds. The molecule has 1 saturated heterocycles. The van der Waals surface area contributed by atoms with E-state index in [1.807, 2.05) is 71.6 Å². The summed E-state index contributed by atoms with van der Waals surface area (Å²) in [6.07, 6.45) is 0. The number of urea groups is 1. The smallest absolute Gasteiger partial charge is 0.321 e. The molecule has 2 heterocycles. The zero-order valence-electron chi connectivity index (χ0n) is 16.3. The van der Waals surface area contributed by atoms with Crippen molar-refractivity contribution in [2.24, 2.45) is 0 Å². The van der Waals surface area contributed by atoms with Gasteiger partial charge in [-0.05, 0) is 36.4 Å². The van der Waals surface area contributed by atoms with Crippen LogP contribution in [0.5, 0.6) is 5.75 Å². The van der Waals surface area contributed by atoms with Crippen molar-refractivity contribution < 1.29 is 9.53 Å². The lowest BCUT2D eigenvalue weighted by molar-refractivity contribution is 0.208. The number of para-hydroxylation sites is 1. The summed E-state index contributed by atoms with van der Waals surface area (Å²) < 4.78 is 5.27. The van der Waals surface area contributed by atoms with E-state index < -0.39 is 0 Å². The fourth-order valence-corrected chi connectivity index (χ4v) is 3.29. The maximum absolute atomic E-state index is 12.4. The van der Waals surface area contributed by atoms with Gasteiger partial charge in [0.2, 0.25) is 0 Å².